The van der Waals surface area contributed by atoms with Crippen LogP contribution in [-0.4, -0.2) is 43.3 Å². The van der Waals surface area contributed by atoms with E-state index in [0.717, 1.165) is 24.7 Å². The van der Waals surface area contributed by atoms with Crippen LogP contribution in [0.5, 0.6) is 5.88 Å². The highest BCUT2D eigenvalue weighted by Crippen LogP contribution is 2.16. The number of aryl methyl sites for hydroxylation is 1. The van der Waals surface area contributed by atoms with Crippen molar-refractivity contribution in [3.8, 4) is 5.88 Å². The first kappa shape index (κ1) is 10.2. The molecule has 15 heavy (non-hydrogen) atoms. The Morgan fingerprint density at radius 3 is 2.73 bits per heavy atom. The van der Waals surface area contributed by atoms with Crippen LogP contribution in [0, 0.1) is 6.92 Å². The van der Waals surface area contributed by atoms with Crippen molar-refractivity contribution in [3.05, 3.63) is 11.8 Å². The van der Waals surface area contributed by atoms with Crippen molar-refractivity contribution in [1.82, 2.24) is 15.3 Å². The van der Waals surface area contributed by atoms with Crippen molar-refractivity contribution < 1.29 is 4.74 Å². The lowest BCUT2D eigenvalue weighted by atomic mass is 10.1. The topological polar surface area (TPSA) is 50.3 Å². The third kappa shape index (κ3) is 2.02. The van der Waals surface area contributed by atoms with Crippen molar-refractivity contribution in [2.75, 3.05) is 32.1 Å². The van der Waals surface area contributed by atoms with Crippen LogP contribution in [0.3, 0.4) is 0 Å². The number of ether oxygens (including phenoxy) is 1. The predicted molar refractivity (Wildman–Crippen MR) is 58.4 cm³/mol. The Balaban J connectivity index is 2.22. The second kappa shape index (κ2) is 4.02. The van der Waals surface area contributed by atoms with Gasteiger partial charge in [-0.2, -0.15) is 4.98 Å². The lowest BCUT2D eigenvalue weighted by molar-refractivity contribution is 0.391. The van der Waals surface area contributed by atoms with E-state index in [2.05, 4.69) is 20.2 Å². The maximum absolute atomic E-state index is 5.12. The molecule has 82 valence electrons. The molecule has 0 bridgehead atoms. The summed E-state index contributed by atoms with van der Waals surface area (Å²) in [5, 5.41) is 3.23. The van der Waals surface area contributed by atoms with E-state index in [-0.39, 0.29) is 0 Å². The lowest BCUT2D eigenvalue weighted by Crippen LogP contribution is -2.56. The van der Waals surface area contributed by atoms with Gasteiger partial charge in [-0.15, -0.1) is 0 Å². The number of hydrogen-bond acceptors (Lipinski definition) is 5. The minimum Gasteiger partial charge on any atom is -0.481 e. The lowest BCUT2D eigenvalue weighted by Gasteiger charge is -2.35. The van der Waals surface area contributed by atoms with Gasteiger partial charge in [0.05, 0.1) is 13.2 Å². The van der Waals surface area contributed by atoms with Gasteiger partial charge in [0.15, 0.2) is 0 Å². The largest absolute Gasteiger partial charge is 0.481 e. The Kier molecular flexibility index (Phi) is 2.73. The number of nitrogens with zero attached hydrogens (tertiary/aromatic N) is 3. The van der Waals surface area contributed by atoms with Crippen LogP contribution in [0.15, 0.2) is 6.07 Å². The molecular weight excluding hydrogens is 192 g/mol. The van der Waals surface area contributed by atoms with Gasteiger partial charge in [0.1, 0.15) is 0 Å². The van der Waals surface area contributed by atoms with Gasteiger partial charge in [-0.3, -0.25) is 0 Å². The van der Waals surface area contributed by atoms with E-state index in [1.165, 1.54) is 0 Å². The highest BCUT2D eigenvalue weighted by molar-refractivity contribution is 5.35. The molecule has 0 radical (unpaired) electrons. The molecule has 2 rings (SSSR count). The summed E-state index contributed by atoms with van der Waals surface area (Å²) < 4.78 is 5.12. The molecule has 2 heterocycles. The SMILES string of the molecule is COc1cc(C)nc(N(C)C2CNC2)n1. The summed E-state index contributed by atoms with van der Waals surface area (Å²) in [5.74, 6) is 1.36. The van der Waals surface area contributed by atoms with Gasteiger partial charge in [-0.05, 0) is 6.92 Å². The second-order valence-corrected chi connectivity index (χ2v) is 3.77. The molecular formula is C10H16N4O. The zero-order valence-electron chi connectivity index (χ0n) is 9.32. The van der Waals surface area contributed by atoms with Gasteiger partial charge >= 0.3 is 0 Å². The monoisotopic (exact) mass is 208 g/mol. The van der Waals surface area contributed by atoms with Crippen molar-refractivity contribution in [1.29, 1.82) is 0 Å². The van der Waals surface area contributed by atoms with Gasteiger partial charge in [-0.1, -0.05) is 0 Å². The van der Waals surface area contributed by atoms with Crippen LogP contribution < -0.4 is 15.0 Å². The number of anilines is 1. The number of hydrogen-bond donors (Lipinski definition) is 1. The molecule has 5 nitrogen and oxygen atoms in total. The van der Waals surface area contributed by atoms with Gasteiger partial charge in [0.25, 0.3) is 0 Å². The zero-order chi connectivity index (χ0) is 10.8. The molecule has 1 fully saturated rings. The molecule has 0 atom stereocenters. The predicted octanol–water partition coefficient (Wildman–Crippen LogP) is 0.202. The average Bonchev–Trinajstić information content (AvgIpc) is 2.14. The summed E-state index contributed by atoms with van der Waals surface area (Å²) in [6, 6.07) is 2.33. The van der Waals surface area contributed by atoms with Crippen LogP contribution in [0.1, 0.15) is 5.69 Å². The number of aromatic nitrogens is 2. The molecule has 0 saturated carbocycles. The van der Waals surface area contributed by atoms with E-state index < -0.39 is 0 Å². The third-order valence-electron chi connectivity index (χ3n) is 2.65. The molecule has 5 heteroatoms. The molecule has 1 saturated heterocycles. The number of methoxy groups -OCH3 is 1. The summed E-state index contributed by atoms with van der Waals surface area (Å²) in [5.41, 5.74) is 0.927. The fourth-order valence-corrected chi connectivity index (χ4v) is 1.50. The Hall–Kier alpha value is -1.36. The first-order valence-corrected chi connectivity index (χ1v) is 5.04. The molecule has 1 aliphatic rings. The van der Waals surface area contributed by atoms with Crippen LogP contribution in [-0.2, 0) is 0 Å². The van der Waals surface area contributed by atoms with Crippen molar-refractivity contribution >= 4 is 5.95 Å². The zero-order valence-corrected chi connectivity index (χ0v) is 9.32. The third-order valence-corrected chi connectivity index (χ3v) is 2.65. The van der Waals surface area contributed by atoms with E-state index >= 15 is 0 Å². The van der Waals surface area contributed by atoms with Crippen LogP contribution in [0.25, 0.3) is 0 Å². The Labute approximate surface area is 89.5 Å². The van der Waals surface area contributed by atoms with E-state index in [0.29, 0.717) is 11.9 Å². The quantitative estimate of drug-likeness (QED) is 0.769. The first-order valence-electron chi connectivity index (χ1n) is 5.04. The average molecular weight is 208 g/mol. The van der Waals surface area contributed by atoms with Crippen molar-refractivity contribution in [2.24, 2.45) is 0 Å². The molecule has 1 aliphatic heterocycles. The van der Waals surface area contributed by atoms with E-state index in [1.807, 2.05) is 20.0 Å². The van der Waals surface area contributed by atoms with E-state index in [1.54, 1.807) is 7.11 Å². The molecule has 0 amide bonds. The molecule has 0 spiro atoms. The molecule has 0 aromatic carbocycles. The summed E-state index contributed by atoms with van der Waals surface area (Å²) in [6.07, 6.45) is 0. The van der Waals surface area contributed by atoms with E-state index in [4.69, 9.17) is 4.74 Å². The summed E-state index contributed by atoms with van der Waals surface area (Å²) >= 11 is 0. The summed E-state index contributed by atoms with van der Waals surface area (Å²) in [6.45, 7) is 3.94. The smallest absolute Gasteiger partial charge is 0.228 e. The van der Waals surface area contributed by atoms with Gasteiger partial charge in [0.2, 0.25) is 11.8 Å². The standard InChI is InChI=1S/C10H16N4O/c1-7-4-9(15-3)13-10(12-7)14(2)8-5-11-6-8/h4,8,11H,5-6H2,1-3H3. The highest BCUT2D eigenvalue weighted by atomic mass is 16.5. The molecule has 0 aliphatic carbocycles. The molecule has 1 N–H and O–H groups in total. The van der Waals surface area contributed by atoms with Gasteiger partial charge < -0.3 is 15.0 Å². The normalized spacial score (nSPS) is 15.9. The first-order chi connectivity index (χ1) is 7.20. The van der Waals surface area contributed by atoms with Crippen LogP contribution in [0.2, 0.25) is 0 Å². The maximum Gasteiger partial charge on any atom is 0.228 e. The van der Waals surface area contributed by atoms with Crippen molar-refractivity contribution in [3.63, 3.8) is 0 Å². The summed E-state index contributed by atoms with van der Waals surface area (Å²) in [4.78, 5) is 10.8. The summed E-state index contributed by atoms with van der Waals surface area (Å²) in [7, 11) is 3.64. The Bertz CT molecular complexity index is 351. The Morgan fingerprint density at radius 2 is 2.20 bits per heavy atom. The second-order valence-electron chi connectivity index (χ2n) is 3.77. The van der Waals surface area contributed by atoms with Crippen LogP contribution >= 0.6 is 0 Å². The fraction of sp³-hybridized carbons (Fsp3) is 0.600. The van der Waals surface area contributed by atoms with E-state index in [9.17, 15) is 0 Å². The molecule has 0 unspecified atom stereocenters. The maximum atomic E-state index is 5.12. The van der Waals surface area contributed by atoms with Crippen LogP contribution in [0.4, 0.5) is 5.95 Å². The van der Waals surface area contributed by atoms with Crippen molar-refractivity contribution in [2.45, 2.75) is 13.0 Å². The highest BCUT2D eigenvalue weighted by Gasteiger charge is 2.23. The number of likely N-dealkylation sites (N-methyl/N-ethyl adjacent to an activating group) is 1. The minimum atomic E-state index is 0.497. The number of rotatable bonds is 3. The van der Waals surface area contributed by atoms with Gasteiger partial charge in [-0.25, -0.2) is 4.98 Å². The Morgan fingerprint density at radius 1 is 1.47 bits per heavy atom. The molecule has 1 aromatic heterocycles. The number of nitrogens with one attached hydrogen (secondary N) is 1. The molecule has 1 aromatic rings. The fourth-order valence-electron chi connectivity index (χ4n) is 1.50. The minimum absolute atomic E-state index is 0.497. The van der Waals surface area contributed by atoms with Gasteiger partial charge in [0, 0.05) is 31.9 Å².